The summed E-state index contributed by atoms with van der Waals surface area (Å²) in [5, 5.41) is 4.23. The summed E-state index contributed by atoms with van der Waals surface area (Å²) >= 11 is 3.48. The molecule has 0 spiro atoms. The molecule has 0 aliphatic rings. The maximum atomic E-state index is 12.9. The van der Waals surface area contributed by atoms with E-state index < -0.39 is 11.5 Å². The van der Waals surface area contributed by atoms with Crippen molar-refractivity contribution in [2.75, 3.05) is 12.4 Å². The minimum Gasteiger partial charge on any atom is -0.497 e. The zero-order valence-corrected chi connectivity index (χ0v) is 15.7. The van der Waals surface area contributed by atoms with Crippen LogP contribution in [0.1, 0.15) is 10.4 Å². The normalized spacial score (nSPS) is 10.9. The lowest BCUT2D eigenvalue weighted by atomic mass is 10.1. The molecule has 0 fully saturated rings. The first kappa shape index (κ1) is 17.2. The van der Waals surface area contributed by atoms with Gasteiger partial charge in [0.25, 0.3) is 5.91 Å². The zero-order chi connectivity index (χ0) is 19.0. The Kier molecular flexibility index (Phi) is 4.37. The molecule has 7 heteroatoms. The number of methoxy groups -OCH3 is 1. The largest absolute Gasteiger partial charge is 0.497 e. The maximum absolute atomic E-state index is 12.9. The zero-order valence-electron chi connectivity index (χ0n) is 14.2. The van der Waals surface area contributed by atoms with Crippen molar-refractivity contribution in [1.29, 1.82) is 0 Å². The number of nitrogens with zero attached hydrogens (tertiary/aromatic N) is 1. The van der Waals surface area contributed by atoms with Crippen LogP contribution in [0.15, 0.2) is 68.4 Å². The van der Waals surface area contributed by atoms with Crippen molar-refractivity contribution in [3.05, 3.63) is 75.2 Å². The Labute approximate surface area is 161 Å². The van der Waals surface area contributed by atoms with E-state index >= 15 is 0 Å². The molecule has 1 amide bonds. The molecule has 0 radical (unpaired) electrons. The van der Waals surface area contributed by atoms with Crippen LogP contribution in [-0.4, -0.2) is 18.0 Å². The molecule has 1 N–H and O–H groups in total. The maximum Gasteiger partial charge on any atom is 0.337 e. The Hall–Kier alpha value is -3.19. The van der Waals surface area contributed by atoms with Gasteiger partial charge in [0.15, 0.2) is 0 Å². The van der Waals surface area contributed by atoms with E-state index in [0.717, 1.165) is 9.86 Å². The molecule has 27 heavy (non-hydrogen) atoms. The second-order valence-corrected chi connectivity index (χ2v) is 6.64. The van der Waals surface area contributed by atoms with Crippen LogP contribution in [0.4, 0.5) is 5.69 Å². The van der Waals surface area contributed by atoms with Crippen LogP contribution in [0.5, 0.6) is 5.75 Å². The molecule has 2 aromatic heterocycles. The van der Waals surface area contributed by atoms with Gasteiger partial charge in [-0.05, 0) is 30.3 Å². The fourth-order valence-electron chi connectivity index (χ4n) is 2.89. The predicted octanol–water partition coefficient (Wildman–Crippen LogP) is 4.36. The molecule has 0 saturated heterocycles. The SMILES string of the molecule is COc1ccc2c(C(=O)Nc3ccc(Br)c4cccnc34)cc(=O)oc2c1. The van der Waals surface area contributed by atoms with Crippen LogP contribution < -0.4 is 15.7 Å². The number of nitrogens with one attached hydrogen (secondary N) is 1. The van der Waals surface area contributed by atoms with Gasteiger partial charge in [0.2, 0.25) is 0 Å². The molecule has 4 rings (SSSR count). The van der Waals surface area contributed by atoms with Crippen LogP contribution in [0, 0.1) is 0 Å². The van der Waals surface area contributed by atoms with Crippen LogP contribution in [0.2, 0.25) is 0 Å². The van der Waals surface area contributed by atoms with Crippen LogP contribution in [-0.2, 0) is 0 Å². The monoisotopic (exact) mass is 424 g/mol. The van der Waals surface area contributed by atoms with Gasteiger partial charge in [-0.3, -0.25) is 9.78 Å². The van der Waals surface area contributed by atoms with Gasteiger partial charge < -0.3 is 14.5 Å². The van der Waals surface area contributed by atoms with Crippen molar-refractivity contribution < 1.29 is 13.9 Å². The quantitative estimate of drug-likeness (QED) is 0.494. The minimum absolute atomic E-state index is 0.218. The van der Waals surface area contributed by atoms with Crippen molar-refractivity contribution >= 4 is 49.4 Å². The number of hydrogen-bond acceptors (Lipinski definition) is 5. The van der Waals surface area contributed by atoms with Crippen molar-refractivity contribution in [1.82, 2.24) is 4.98 Å². The van der Waals surface area contributed by atoms with Gasteiger partial charge in [-0.15, -0.1) is 0 Å². The summed E-state index contributed by atoms with van der Waals surface area (Å²) in [6.45, 7) is 0. The minimum atomic E-state index is -0.611. The second kappa shape index (κ2) is 6.85. The van der Waals surface area contributed by atoms with Gasteiger partial charge in [0.05, 0.1) is 23.9 Å². The number of hydrogen-bond donors (Lipinski definition) is 1. The van der Waals surface area contributed by atoms with Gasteiger partial charge >= 0.3 is 5.63 Å². The van der Waals surface area contributed by atoms with Crippen LogP contribution in [0.25, 0.3) is 21.9 Å². The van der Waals surface area contributed by atoms with Crippen LogP contribution in [0.3, 0.4) is 0 Å². The molecular formula is C20H13BrN2O4. The molecule has 0 aliphatic heterocycles. The summed E-state index contributed by atoms with van der Waals surface area (Å²) in [4.78, 5) is 29.2. The number of amides is 1. The number of benzene rings is 2. The number of halogens is 1. The summed E-state index contributed by atoms with van der Waals surface area (Å²) in [7, 11) is 1.52. The van der Waals surface area contributed by atoms with Crippen LogP contribution >= 0.6 is 15.9 Å². The van der Waals surface area contributed by atoms with E-state index in [4.69, 9.17) is 9.15 Å². The van der Waals surface area contributed by atoms with E-state index in [1.165, 1.54) is 13.2 Å². The number of pyridine rings is 1. The average Bonchev–Trinajstić information content (AvgIpc) is 2.69. The van der Waals surface area contributed by atoms with Crippen molar-refractivity contribution in [2.24, 2.45) is 0 Å². The number of anilines is 1. The second-order valence-electron chi connectivity index (χ2n) is 5.79. The number of fused-ring (bicyclic) bond motifs is 2. The van der Waals surface area contributed by atoms with Crippen molar-refractivity contribution in [3.63, 3.8) is 0 Å². The van der Waals surface area contributed by atoms with Gasteiger partial charge in [0, 0.05) is 33.6 Å². The highest BCUT2D eigenvalue weighted by atomic mass is 79.9. The van der Waals surface area contributed by atoms with Gasteiger partial charge in [-0.1, -0.05) is 22.0 Å². The summed E-state index contributed by atoms with van der Waals surface area (Å²) in [6, 6.07) is 13.5. The smallest absolute Gasteiger partial charge is 0.337 e. The topological polar surface area (TPSA) is 81.4 Å². The standard InChI is InChI=1S/C20H13BrN2O4/c1-26-11-4-5-12-14(10-18(24)27-17(12)9-11)20(25)23-16-7-6-15(21)13-3-2-8-22-19(13)16/h2-10H,1H3,(H,23,25). The molecule has 0 saturated carbocycles. The van der Waals surface area contributed by atoms with E-state index in [0.29, 0.717) is 22.3 Å². The highest BCUT2D eigenvalue weighted by Gasteiger charge is 2.16. The predicted molar refractivity (Wildman–Crippen MR) is 106 cm³/mol. The molecule has 2 heterocycles. The lowest BCUT2D eigenvalue weighted by molar-refractivity contribution is 0.102. The van der Waals surface area contributed by atoms with Gasteiger partial charge in [0.1, 0.15) is 11.3 Å². The van der Waals surface area contributed by atoms with E-state index in [-0.39, 0.29) is 11.1 Å². The van der Waals surface area contributed by atoms with Crippen molar-refractivity contribution in [2.45, 2.75) is 0 Å². The van der Waals surface area contributed by atoms with E-state index in [9.17, 15) is 9.59 Å². The Morgan fingerprint density at radius 2 is 2.00 bits per heavy atom. The third kappa shape index (κ3) is 3.17. The number of carbonyl (C=O) groups is 1. The third-order valence-electron chi connectivity index (χ3n) is 4.16. The molecule has 0 atom stereocenters. The van der Waals surface area contributed by atoms with E-state index in [1.54, 1.807) is 30.5 Å². The molecule has 4 aromatic rings. The fourth-order valence-corrected chi connectivity index (χ4v) is 3.34. The molecule has 0 bridgehead atoms. The number of aromatic nitrogens is 1. The molecule has 2 aromatic carbocycles. The fraction of sp³-hybridized carbons (Fsp3) is 0.0500. The highest BCUT2D eigenvalue weighted by molar-refractivity contribution is 9.10. The van der Waals surface area contributed by atoms with Gasteiger partial charge in [-0.25, -0.2) is 4.79 Å². The summed E-state index contributed by atoms with van der Waals surface area (Å²) in [6.07, 6.45) is 1.66. The number of carbonyl (C=O) groups excluding carboxylic acids is 1. The molecule has 0 unspecified atom stereocenters. The first-order chi connectivity index (χ1) is 13.1. The molecular weight excluding hydrogens is 412 g/mol. The van der Waals surface area contributed by atoms with E-state index in [1.807, 2.05) is 18.2 Å². The van der Waals surface area contributed by atoms with Gasteiger partial charge in [-0.2, -0.15) is 0 Å². The molecule has 134 valence electrons. The number of rotatable bonds is 3. The Morgan fingerprint density at radius 3 is 2.81 bits per heavy atom. The highest BCUT2D eigenvalue weighted by Crippen LogP contribution is 2.29. The Morgan fingerprint density at radius 1 is 1.15 bits per heavy atom. The first-order valence-electron chi connectivity index (χ1n) is 8.03. The lowest BCUT2D eigenvalue weighted by Crippen LogP contribution is -2.15. The van der Waals surface area contributed by atoms with Crippen molar-refractivity contribution in [3.8, 4) is 5.75 Å². The number of ether oxygens (including phenoxy) is 1. The third-order valence-corrected chi connectivity index (χ3v) is 4.85. The summed E-state index contributed by atoms with van der Waals surface area (Å²) in [5.41, 5.74) is 1.09. The molecule has 0 aliphatic carbocycles. The summed E-state index contributed by atoms with van der Waals surface area (Å²) in [5.74, 6) is 0.110. The van der Waals surface area contributed by atoms with E-state index in [2.05, 4.69) is 26.2 Å². The Bertz CT molecular complexity index is 1250. The summed E-state index contributed by atoms with van der Waals surface area (Å²) < 4.78 is 11.2. The average molecular weight is 425 g/mol. The molecule has 6 nitrogen and oxygen atoms in total. The Balaban J connectivity index is 1.80. The lowest BCUT2D eigenvalue weighted by Gasteiger charge is -2.10. The first-order valence-corrected chi connectivity index (χ1v) is 8.82.